The molecule has 0 saturated heterocycles. The minimum Gasteiger partial charge on any atom is -0.325 e. The summed E-state index contributed by atoms with van der Waals surface area (Å²) in [5, 5.41) is 0.213. The van der Waals surface area contributed by atoms with Crippen LogP contribution in [0.1, 0.15) is 5.56 Å². The molecule has 0 aliphatic carbocycles. The van der Waals surface area contributed by atoms with Gasteiger partial charge in [-0.1, -0.05) is 11.6 Å². The molecule has 2 nitrogen and oxygen atoms in total. The van der Waals surface area contributed by atoms with Crippen LogP contribution in [0.5, 0.6) is 0 Å². The van der Waals surface area contributed by atoms with Crippen molar-refractivity contribution >= 4 is 11.6 Å². The second-order valence-corrected chi connectivity index (χ2v) is 3.11. The van der Waals surface area contributed by atoms with Crippen LogP contribution in [0.4, 0.5) is 8.78 Å². The van der Waals surface area contributed by atoms with E-state index >= 15 is 0 Å². The summed E-state index contributed by atoms with van der Waals surface area (Å²) in [6.07, 6.45) is 0.996. The number of nitrogens with two attached hydrogens (primary N) is 1. The molecule has 0 aliphatic rings. The largest absolute Gasteiger partial charge is 0.325 e. The monoisotopic (exact) mass is 206 g/mol. The average Bonchev–Trinajstić information content (AvgIpc) is 2.03. The molecule has 1 rings (SSSR count). The highest BCUT2D eigenvalue weighted by Gasteiger charge is 2.26. The summed E-state index contributed by atoms with van der Waals surface area (Å²) in [7, 11) is 0. The molecule has 0 amide bonds. The standard InChI is InChI=1S/C8H9ClF2N2/c9-7-3-6(1-2-13-7)4-8(10,11)5-12/h1-3H,4-5,12H2. The van der Waals surface area contributed by atoms with Gasteiger partial charge >= 0.3 is 0 Å². The summed E-state index contributed by atoms with van der Waals surface area (Å²) < 4.78 is 25.6. The predicted octanol–water partition coefficient (Wildman–Crippen LogP) is 1.87. The summed E-state index contributed by atoms with van der Waals surface area (Å²) in [6.45, 7) is -0.660. The summed E-state index contributed by atoms with van der Waals surface area (Å²) in [6, 6.07) is 2.90. The van der Waals surface area contributed by atoms with Gasteiger partial charge in [-0.25, -0.2) is 13.8 Å². The highest BCUT2D eigenvalue weighted by atomic mass is 35.5. The number of alkyl halides is 2. The molecule has 1 aromatic heterocycles. The SMILES string of the molecule is NCC(F)(F)Cc1ccnc(Cl)c1. The van der Waals surface area contributed by atoms with Gasteiger partial charge in [0, 0.05) is 12.6 Å². The van der Waals surface area contributed by atoms with Crippen molar-refractivity contribution in [3.05, 3.63) is 29.0 Å². The number of hydrogen-bond acceptors (Lipinski definition) is 2. The fraction of sp³-hybridized carbons (Fsp3) is 0.375. The van der Waals surface area contributed by atoms with Crippen LogP contribution in [0.25, 0.3) is 0 Å². The quantitative estimate of drug-likeness (QED) is 0.767. The third-order valence-corrected chi connectivity index (χ3v) is 1.76. The minimum atomic E-state index is -2.87. The molecule has 0 aliphatic heterocycles. The summed E-state index contributed by atoms with van der Waals surface area (Å²) in [5.74, 6) is -2.87. The van der Waals surface area contributed by atoms with E-state index in [4.69, 9.17) is 17.3 Å². The summed E-state index contributed by atoms with van der Waals surface area (Å²) in [4.78, 5) is 3.68. The topological polar surface area (TPSA) is 38.9 Å². The van der Waals surface area contributed by atoms with E-state index in [-0.39, 0.29) is 5.15 Å². The van der Waals surface area contributed by atoms with Crippen molar-refractivity contribution in [3.8, 4) is 0 Å². The van der Waals surface area contributed by atoms with Gasteiger partial charge in [0.1, 0.15) is 5.15 Å². The zero-order valence-corrected chi connectivity index (χ0v) is 7.56. The van der Waals surface area contributed by atoms with E-state index < -0.39 is 18.9 Å². The molecular formula is C8H9ClF2N2. The Kier molecular flexibility index (Phi) is 3.17. The molecule has 1 aromatic rings. The van der Waals surface area contributed by atoms with Gasteiger partial charge in [0.25, 0.3) is 5.92 Å². The second kappa shape index (κ2) is 3.98. The smallest absolute Gasteiger partial charge is 0.264 e. The molecule has 13 heavy (non-hydrogen) atoms. The Labute approximate surface area is 79.7 Å². The first-order valence-corrected chi connectivity index (χ1v) is 4.09. The first-order chi connectivity index (χ1) is 6.03. The second-order valence-electron chi connectivity index (χ2n) is 2.72. The molecule has 0 saturated carbocycles. The van der Waals surface area contributed by atoms with Gasteiger partial charge in [-0.2, -0.15) is 0 Å². The number of halogens is 3. The predicted molar refractivity (Wildman–Crippen MR) is 47.0 cm³/mol. The maximum absolute atomic E-state index is 12.8. The Morgan fingerprint density at radius 2 is 2.23 bits per heavy atom. The summed E-state index contributed by atoms with van der Waals surface area (Å²) >= 11 is 5.53. The van der Waals surface area contributed by atoms with Gasteiger partial charge in [0.15, 0.2) is 0 Å². The van der Waals surface area contributed by atoms with E-state index in [1.165, 1.54) is 18.3 Å². The molecule has 2 N–H and O–H groups in total. The van der Waals surface area contributed by atoms with Crippen molar-refractivity contribution in [2.75, 3.05) is 6.54 Å². The fourth-order valence-corrected chi connectivity index (χ4v) is 1.12. The third-order valence-electron chi connectivity index (χ3n) is 1.55. The van der Waals surface area contributed by atoms with Crippen molar-refractivity contribution < 1.29 is 8.78 Å². The Morgan fingerprint density at radius 3 is 2.77 bits per heavy atom. The first kappa shape index (κ1) is 10.3. The Bertz CT molecular complexity index is 291. The molecule has 0 spiro atoms. The van der Waals surface area contributed by atoms with E-state index in [0.29, 0.717) is 5.56 Å². The van der Waals surface area contributed by atoms with Crippen LogP contribution < -0.4 is 5.73 Å². The lowest BCUT2D eigenvalue weighted by Gasteiger charge is -2.13. The molecule has 0 atom stereocenters. The van der Waals surface area contributed by atoms with Gasteiger partial charge in [-0.15, -0.1) is 0 Å². The number of rotatable bonds is 3. The lowest BCUT2D eigenvalue weighted by Crippen LogP contribution is -2.30. The van der Waals surface area contributed by atoms with E-state index in [9.17, 15) is 8.78 Å². The molecule has 0 radical (unpaired) electrons. The maximum atomic E-state index is 12.8. The Hall–Kier alpha value is -0.740. The van der Waals surface area contributed by atoms with Gasteiger partial charge in [-0.05, 0) is 17.7 Å². The van der Waals surface area contributed by atoms with Crippen LogP contribution in [0, 0.1) is 0 Å². The van der Waals surface area contributed by atoms with E-state index in [0.717, 1.165) is 0 Å². The van der Waals surface area contributed by atoms with Crippen LogP contribution in [0.2, 0.25) is 5.15 Å². The lowest BCUT2D eigenvalue weighted by molar-refractivity contribution is 0.0115. The van der Waals surface area contributed by atoms with Crippen molar-refractivity contribution in [2.45, 2.75) is 12.3 Å². The fourth-order valence-electron chi connectivity index (χ4n) is 0.923. The van der Waals surface area contributed by atoms with E-state index in [1.807, 2.05) is 0 Å². The van der Waals surface area contributed by atoms with Gasteiger partial charge in [0.05, 0.1) is 6.54 Å². The first-order valence-electron chi connectivity index (χ1n) is 3.72. The average molecular weight is 207 g/mol. The van der Waals surface area contributed by atoms with Crippen molar-refractivity contribution in [3.63, 3.8) is 0 Å². The molecule has 0 fully saturated rings. The number of hydrogen-bond donors (Lipinski definition) is 1. The van der Waals surface area contributed by atoms with E-state index in [2.05, 4.69) is 4.98 Å². The van der Waals surface area contributed by atoms with Crippen LogP contribution in [-0.4, -0.2) is 17.5 Å². The number of aromatic nitrogens is 1. The van der Waals surface area contributed by atoms with Crippen molar-refractivity contribution in [2.24, 2.45) is 5.73 Å². The molecule has 1 heterocycles. The Morgan fingerprint density at radius 1 is 1.54 bits per heavy atom. The van der Waals surface area contributed by atoms with E-state index in [1.54, 1.807) is 0 Å². The van der Waals surface area contributed by atoms with Crippen LogP contribution >= 0.6 is 11.6 Å². The van der Waals surface area contributed by atoms with Gasteiger partial charge in [0.2, 0.25) is 0 Å². The van der Waals surface area contributed by atoms with Crippen LogP contribution in [-0.2, 0) is 6.42 Å². The highest BCUT2D eigenvalue weighted by Crippen LogP contribution is 2.19. The normalized spacial score (nSPS) is 11.7. The zero-order valence-electron chi connectivity index (χ0n) is 6.80. The molecule has 5 heteroatoms. The third kappa shape index (κ3) is 3.24. The number of nitrogens with zero attached hydrogens (tertiary/aromatic N) is 1. The molecule has 0 bridgehead atoms. The van der Waals surface area contributed by atoms with Gasteiger partial charge < -0.3 is 5.73 Å². The van der Waals surface area contributed by atoms with Crippen LogP contribution in [0.3, 0.4) is 0 Å². The molecule has 72 valence electrons. The minimum absolute atomic E-state index is 0.213. The molecule has 0 unspecified atom stereocenters. The zero-order chi connectivity index (χ0) is 9.90. The highest BCUT2D eigenvalue weighted by molar-refractivity contribution is 6.29. The van der Waals surface area contributed by atoms with Crippen LogP contribution in [0.15, 0.2) is 18.3 Å². The molecular weight excluding hydrogens is 198 g/mol. The number of pyridine rings is 1. The maximum Gasteiger partial charge on any atom is 0.264 e. The Balaban J connectivity index is 2.74. The molecule has 0 aromatic carbocycles. The van der Waals surface area contributed by atoms with Crippen molar-refractivity contribution in [1.29, 1.82) is 0 Å². The van der Waals surface area contributed by atoms with Crippen molar-refractivity contribution in [1.82, 2.24) is 4.98 Å². The lowest BCUT2D eigenvalue weighted by atomic mass is 10.1. The van der Waals surface area contributed by atoms with Gasteiger partial charge in [-0.3, -0.25) is 0 Å². The summed E-state index contributed by atoms with van der Waals surface area (Å²) in [5.41, 5.74) is 5.33.